The van der Waals surface area contributed by atoms with Gasteiger partial charge >= 0.3 is 5.97 Å². The van der Waals surface area contributed by atoms with Crippen molar-refractivity contribution < 1.29 is 24.0 Å². The van der Waals surface area contributed by atoms with E-state index in [-0.39, 0.29) is 18.2 Å². The second kappa shape index (κ2) is 9.33. The molecule has 8 heteroatoms. The van der Waals surface area contributed by atoms with Gasteiger partial charge in [0.05, 0.1) is 4.92 Å². The van der Waals surface area contributed by atoms with Crippen molar-refractivity contribution in [3.63, 3.8) is 0 Å². The number of amides is 1. The van der Waals surface area contributed by atoms with E-state index in [0.717, 1.165) is 5.56 Å². The van der Waals surface area contributed by atoms with Crippen molar-refractivity contribution in [2.24, 2.45) is 0 Å². The number of nitrogens with zero attached hydrogens (tertiary/aromatic N) is 1. The average Bonchev–Trinajstić information content (AvgIpc) is 2.65. The highest BCUT2D eigenvalue weighted by Gasteiger charge is 2.12. The summed E-state index contributed by atoms with van der Waals surface area (Å²) in [5.74, 6) is -0.392. The fourth-order valence-electron chi connectivity index (χ4n) is 2.28. The van der Waals surface area contributed by atoms with Gasteiger partial charge in [-0.1, -0.05) is 32.0 Å². The Morgan fingerprint density at radius 3 is 2.37 bits per heavy atom. The zero-order valence-electron chi connectivity index (χ0n) is 15.0. The number of hydrogen-bond donors (Lipinski definition) is 1. The smallest absolute Gasteiger partial charge is 0.344 e. The van der Waals surface area contributed by atoms with Crippen LogP contribution in [0.3, 0.4) is 0 Å². The highest BCUT2D eigenvalue weighted by molar-refractivity contribution is 5.92. The van der Waals surface area contributed by atoms with Gasteiger partial charge in [0.25, 0.3) is 11.6 Å². The Morgan fingerprint density at radius 1 is 1.07 bits per heavy atom. The molecular weight excluding hydrogens is 352 g/mol. The molecule has 8 nitrogen and oxygen atoms in total. The van der Waals surface area contributed by atoms with Gasteiger partial charge in [-0.2, -0.15) is 0 Å². The fourth-order valence-corrected chi connectivity index (χ4v) is 2.28. The third kappa shape index (κ3) is 6.10. The lowest BCUT2D eigenvalue weighted by Crippen LogP contribution is -2.23. The molecule has 2 aromatic rings. The number of hydrogen-bond acceptors (Lipinski definition) is 6. The Kier molecular flexibility index (Phi) is 6.87. The first-order valence-electron chi connectivity index (χ1n) is 8.28. The topological polar surface area (TPSA) is 108 Å². The Labute approximate surface area is 156 Å². The molecule has 0 heterocycles. The van der Waals surface area contributed by atoms with E-state index in [1.807, 2.05) is 32.0 Å². The van der Waals surface area contributed by atoms with Crippen LogP contribution in [-0.2, 0) is 14.3 Å². The number of carbonyl (C=O) groups is 2. The number of para-hydroxylation sites is 1. The predicted molar refractivity (Wildman–Crippen MR) is 98.7 cm³/mol. The van der Waals surface area contributed by atoms with Crippen LogP contribution in [-0.4, -0.2) is 30.0 Å². The molecule has 1 amide bonds. The molecule has 0 bridgehead atoms. The number of anilines is 1. The standard InChI is InChI=1S/C19H20N2O6/c1-13(2)16-5-3-4-6-17(16)26-12-19(23)27-11-18(22)20-14-7-9-15(10-8-14)21(24)25/h3-10,13H,11-12H2,1-2H3,(H,20,22). The minimum absolute atomic E-state index is 0.0849. The molecule has 2 aromatic carbocycles. The molecule has 0 fully saturated rings. The Balaban J connectivity index is 1.78. The number of benzene rings is 2. The third-order valence-electron chi connectivity index (χ3n) is 3.61. The number of rotatable bonds is 8. The summed E-state index contributed by atoms with van der Waals surface area (Å²) in [6, 6.07) is 12.7. The molecule has 0 radical (unpaired) electrons. The maximum Gasteiger partial charge on any atom is 0.344 e. The van der Waals surface area contributed by atoms with Crippen molar-refractivity contribution >= 4 is 23.3 Å². The normalized spacial score (nSPS) is 10.3. The van der Waals surface area contributed by atoms with Crippen molar-refractivity contribution in [2.75, 3.05) is 18.5 Å². The fraction of sp³-hybridized carbons (Fsp3) is 0.263. The van der Waals surface area contributed by atoms with E-state index < -0.39 is 23.4 Å². The molecule has 0 aliphatic heterocycles. The van der Waals surface area contributed by atoms with Crippen molar-refractivity contribution in [3.8, 4) is 5.75 Å². The molecule has 0 aliphatic carbocycles. The van der Waals surface area contributed by atoms with Crippen molar-refractivity contribution in [3.05, 3.63) is 64.2 Å². The van der Waals surface area contributed by atoms with E-state index in [2.05, 4.69) is 5.32 Å². The number of esters is 1. The lowest BCUT2D eigenvalue weighted by atomic mass is 10.0. The molecule has 0 atom stereocenters. The quantitative estimate of drug-likeness (QED) is 0.433. The van der Waals surface area contributed by atoms with Gasteiger partial charge in [0.15, 0.2) is 13.2 Å². The molecule has 0 saturated carbocycles. The van der Waals surface area contributed by atoms with Crippen molar-refractivity contribution in [1.29, 1.82) is 0 Å². The van der Waals surface area contributed by atoms with Crippen LogP contribution in [0.15, 0.2) is 48.5 Å². The lowest BCUT2D eigenvalue weighted by Gasteiger charge is -2.13. The molecule has 1 N–H and O–H groups in total. The summed E-state index contributed by atoms with van der Waals surface area (Å²) in [6.07, 6.45) is 0. The largest absolute Gasteiger partial charge is 0.482 e. The van der Waals surface area contributed by atoms with Gasteiger partial charge in [-0.15, -0.1) is 0 Å². The van der Waals surface area contributed by atoms with Crippen LogP contribution < -0.4 is 10.1 Å². The number of nitro groups is 1. The van der Waals surface area contributed by atoms with Gasteiger partial charge in [-0.3, -0.25) is 14.9 Å². The summed E-state index contributed by atoms with van der Waals surface area (Å²) in [5.41, 5.74) is 1.25. The Bertz CT molecular complexity index is 817. The molecule has 0 unspecified atom stereocenters. The van der Waals surface area contributed by atoms with E-state index in [1.165, 1.54) is 24.3 Å². The van der Waals surface area contributed by atoms with Crippen LogP contribution in [0.5, 0.6) is 5.75 Å². The third-order valence-corrected chi connectivity index (χ3v) is 3.61. The summed E-state index contributed by atoms with van der Waals surface area (Å²) in [4.78, 5) is 33.6. The average molecular weight is 372 g/mol. The molecule has 2 rings (SSSR count). The first-order valence-corrected chi connectivity index (χ1v) is 8.28. The highest BCUT2D eigenvalue weighted by Crippen LogP contribution is 2.25. The van der Waals surface area contributed by atoms with Crippen LogP contribution in [0.1, 0.15) is 25.3 Å². The second-order valence-corrected chi connectivity index (χ2v) is 5.99. The molecular formula is C19H20N2O6. The molecule has 0 aromatic heterocycles. The Hall–Kier alpha value is -3.42. The van der Waals surface area contributed by atoms with Gasteiger partial charge in [0, 0.05) is 17.8 Å². The van der Waals surface area contributed by atoms with Crippen molar-refractivity contribution in [2.45, 2.75) is 19.8 Å². The van der Waals surface area contributed by atoms with Crippen LogP contribution in [0.2, 0.25) is 0 Å². The molecule has 142 valence electrons. The van der Waals surface area contributed by atoms with Crippen LogP contribution in [0.4, 0.5) is 11.4 Å². The van der Waals surface area contributed by atoms with Crippen molar-refractivity contribution in [1.82, 2.24) is 0 Å². The SMILES string of the molecule is CC(C)c1ccccc1OCC(=O)OCC(=O)Nc1ccc([N+](=O)[O-])cc1. The van der Waals surface area contributed by atoms with Gasteiger partial charge in [-0.25, -0.2) is 4.79 Å². The monoisotopic (exact) mass is 372 g/mol. The van der Waals surface area contributed by atoms with Crippen LogP contribution in [0.25, 0.3) is 0 Å². The van der Waals surface area contributed by atoms with E-state index in [9.17, 15) is 19.7 Å². The van der Waals surface area contributed by atoms with Gasteiger partial charge < -0.3 is 14.8 Å². The number of carbonyl (C=O) groups excluding carboxylic acids is 2. The summed E-state index contributed by atoms with van der Waals surface area (Å²) in [5, 5.41) is 13.1. The number of non-ortho nitro benzene ring substituents is 1. The maximum atomic E-state index is 11.8. The zero-order valence-corrected chi connectivity index (χ0v) is 15.0. The summed E-state index contributed by atoms with van der Waals surface area (Å²) in [6.45, 7) is 3.24. The predicted octanol–water partition coefficient (Wildman–Crippen LogP) is 3.28. The van der Waals surface area contributed by atoms with E-state index >= 15 is 0 Å². The summed E-state index contributed by atoms with van der Waals surface area (Å²) < 4.78 is 10.4. The van der Waals surface area contributed by atoms with E-state index in [0.29, 0.717) is 11.4 Å². The number of ether oxygens (including phenoxy) is 2. The second-order valence-electron chi connectivity index (χ2n) is 5.99. The van der Waals surface area contributed by atoms with Crippen LogP contribution >= 0.6 is 0 Å². The lowest BCUT2D eigenvalue weighted by molar-refractivity contribution is -0.384. The van der Waals surface area contributed by atoms with Gasteiger partial charge in [0.1, 0.15) is 5.75 Å². The highest BCUT2D eigenvalue weighted by atomic mass is 16.6. The zero-order chi connectivity index (χ0) is 19.8. The van der Waals surface area contributed by atoms with Crippen LogP contribution in [0, 0.1) is 10.1 Å². The first kappa shape index (κ1) is 19.9. The molecule has 27 heavy (non-hydrogen) atoms. The summed E-state index contributed by atoms with van der Waals surface area (Å²) in [7, 11) is 0. The first-order chi connectivity index (χ1) is 12.9. The summed E-state index contributed by atoms with van der Waals surface area (Å²) >= 11 is 0. The van der Waals surface area contributed by atoms with Gasteiger partial charge in [-0.05, 0) is 29.7 Å². The van der Waals surface area contributed by atoms with E-state index in [4.69, 9.17) is 9.47 Å². The van der Waals surface area contributed by atoms with E-state index in [1.54, 1.807) is 6.07 Å². The number of nitro benzene ring substituents is 1. The molecule has 0 aliphatic rings. The number of nitrogens with one attached hydrogen (secondary N) is 1. The minimum atomic E-state index is -0.674. The minimum Gasteiger partial charge on any atom is -0.482 e. The molecule has 0 spiro atoms. The van der Waals surface area contributed by atoms with Gasteiger partial charge in [0.2, 0.25) is 0 Å². The maximum absolute atomic E-state index is 11.8. The Morgan fingerprint density at radius 2 is 1.74 bits per heavy atom. The molecule has 0 saturated heterocycles.